The maximum absolute atomic E-state index is 11.9. The van der Waals surface area contributed by atoms with Gasteiger partial charge in [0.05, 0.1) is 18.3 Å². The first-order chi connectivity index (χ1) is 11.3. The molecular formula is C16H22N4O4. The third kappa shape index (κ3) is 4.23. The second-order valence-electron chi connectivity index (χ2n) is 6.00. The van der Waals surface area contributed by atoms with E-state index in [1.807, 2.05) is 13.8 Å². The summed E-state index contributed by atoms with van der Waals surface area (Å²) in [6.45, 7) is 5.12. The van der Waals surface area contributed by atoms with Crippen LogP contribution in [0.4, 0.5) is 11.4 Å². The molecule has 1 aliphatic heterocycles. The molecule has 0 spiro atoms. The number of anilines is 2. The monoisotopic (exact) mass is 334 g/mol. The average molecular weight is 334 g/mol. The number of nitrogens with two attached hydrogens (primary N) is 1. The highest BCUT2D eigenvalue weighted by Gasteiger charge is 2.23. The zero-order valence-electron chi connectivity index (χ0n) is 13.9. The molecule has 8 nitrogen and oxygen atoms in total. The lowest BCUT2D eigenvalue weighted by atomic mass is 10.1. The molecule has 0 bridgehead atoms. The van der Waals surface area contributed by atoms with Crippen LogP contribution in [0.3, 0.4) is 0 Å². The number of carbonyl (C=O) groups excluding carboxylic acids is 3. The molecule has 130 valence electrons. The van der Waals surface area contributed by atoms with Gasteiger partial charge in [0.1, 0.15) is 5.75 Å². The minimum absolute atomic E-state index is 0.0142. The molecule has 8 heteroatoms. The summed E-state index contributed by atoms with van der Waals surface area (Å²) in [7, 11) is 0. The molecule has 1 unspecified atom stereocenters. The van der Waals surface area contributed by atoms with Crippen LogP contribution in [-0.4, -0.2) is 36.4 Å². The molecule has 3 amide bonds. The number of hydrogen-bond acceptors (Lipinski definition) is 5. The van der Waals surface area contributed by atoms with Crippen molar-refractivity contribution in [1.29, 1.82) is 0 Å². The number of rotatable bonds is 5. The molecule has 1 heterocycles. The van der Waals surface area contributed by atoms with Crippen LogP contribution >= 0.6 is 0 Å². The second-order valence-corrected chi connectivity index (χ2v) is 6.00. The van der Waals surface area contributed by atoms with Gasteiger partial charge in [0, 0.05) is 5.69 Å². The zero-order valence-corrected chi connectivity index (χ0v) is 13.9. The Kier molecular flexibility index (Phi) is 5.40. The predicted molar refractivity (Wildman–Crippen MR) is 89.6 cm³/mol. The van der Waals surface area contributed by atoms with E-state index in [0.29, 0.717) is 17.1 Å². The first-order valence-corrected chi connectivity index (χ1v) is 7.72. The van der Waals surface area contributed by atoms with E-state index in [1.54, 1.807) is 25.1 Å². The number of fused-ring (bicyclic) bond motifs is 1. The Morgan fingerprint density at radius 1 is 1.38 bits per heavy atom. The van der Waals surface area contributed by atoms with Crippen LogP contribution in [0.15, 0.2) is 18.2 Å². The summed E-state index contributed by atoms with van der Waals surface area (Å²) in [5.41, 5.74) is 6.67. The van der Waals surface area contributed by atoms with Crippen molar-refractivity contribution in [2.45, 2.75) is 32.9 Å². The lowest BCUT2D eigenvalue weighted by Gasteiger charge is -2.23. The summed E-state index contributed by atoms with van der Waals surface area (Å²) in [5, 5.41) is 7.83. The van der Waals surface area contributed by atoms with Crippen LogP contribution in [0.25, 0.3) is 0 Å². The fourth-order valence-electron chi connectivity index (χ4n) is 2.08. The van der Waals surface area contributed by atoms with Gasteiger partial charge in [-0.3, -0.25) is 14.4 Å². The minimum atomic E-state index is -0.657. The lowest BCUT2D eigenvalue weighted by Crippen LogP contribution is -2.46. The third-order valence-corrected chi connectivity index (χ3v) is 3.64. The minimum Gasteiger partial charge on any atom is -0.479 e. The fourth-order valence-corrected chi connectivity index (χ4v) is 2.08. The number of ether oxygens (including phenoxy) is 1. The third-order valence-electron chi connectivity index (χ3n) is 3.64. The quantitative estimate of drug-likeness (QED) is 0.622. The van der Waals surface area contributed by atoms with Crippen molar-refractivity contribution in [3.05, 3.63) is 18.2 Å². The second kappa shape index (κ2) is 7.31. The molecule has 1 aromatic rings. The molecule has 0 radical (unpaired) electrons. The standard InChI is InChI=1S/C16H22N4O4/c1-8(2)14(17)16(23)18-7-13(21)19-10-4-5-12-11(6-10)20-15(22)9(3)24-12/h4-6,8-9,14H,7,17H2,1-3H3,(H,18,23)(H,19,21)(H,20,22)/t9?,14-/m0/s1. The zero-order chi connectivity index (χ0) is 17.9. The number of benzene rings is 1. The van der Waals surface area contributed by atoms with E-state index in [9.17, 15) is 14.4 Å². The SMILES string of the molecule is CC1Oc2ccc(NC(=O)CNC(=O)[C@@H](N)C(C)C)cc2NC1=O. The highest BCUT2D eigenvalue weighted by molar-refractivity contribution is 6.00. The van der Waals surface area contributed by atoms with E-state index in [1.165, 1.54) is 0 Å². The van der Waals surface area contributed by atoms with Crippen LogP contribution in [0.2, 0.25) is 0 Å². The fraction of sp³-hybridized carbons (Fsp3) is 0.438. The van der Waals surface area contributed by atoms with Gasteiger partial charge < -0.3 is 26.4 Å². The maximum atomic E-state index is 11.9. The number of amides is 3. The van der Waals surface area contributed by atoms with Gasteiger partial charge in [0.2, 0.25) is 11.8 Å². The van der Waals surface area contributed by atoms with Crippen LogP contribution in [-0.2, 0) is 14.4 Å². The Morgan fingerprint density at radius 2 is 2.08 bits per heavy atom. The highest BCUT2D eigenvalue weighted by Crippen LogP contribution is 2.32. The molecule has 0 saturated carbocycles. The van der Waals surface area contributed by atoms with Crippen LogP contribution in [0.5, 0.6) is 5.75 Å². The van der Waals surface area contributed by atoms with Gasteiger partial charge in [0.15, 0.2) is 6.10 Å². The maximum Gasteiger partial charge on any atom is 0.265 e. The van der Waals surface area contributed by atoms with Crippen molar-refractivity contribution < 1.29 is 19.1 Å². The first-order valence-electron chi connectivity index (χ1n) is 7.72. The number of hydrogen-bond donors (Lipinski definition) is 4. The van der Waals surface area contributed by atoms with Crippen LogP contribution in [0, 0.1) is 5.92 Å². The summed E-state index contributed by atoms with van der Waals surface area (Å²) in [6.07, 6.45) is -0.557. The van der Waals surface area contributed by atoms with E-state index in [0.717, 1.165) is 0 Å². The van der Waals surface area contributed by atoms with Gasteiger partial charge >= 0.3 is 0 Å². The van der Waals surface area contributed by atoms with Crippen molar-refractivity contribution in [2.75, 3.05) is 17.2 Å². The van der Waals surface area contributed by atoms with E-state index >= 15 is 0 Å². The van der Waals surface area contributed by atoms with E-state index in [2.05, 4.69) is 16.0 Å². The number of carbonyl (C=O) groups is 3. The van der Waals surface area contributed by atoms with E-state index in [-0.39, 0.29) is 24.3 Å². The molecule has 0 aliphatic carbocycles. The van der Waals surface area contributed by atoms with Crippen LogP contribution < -0.4 is 26.4 Å². The Bertz CT molecular complexity index is 659. The molecule has 5 N–H and O–H groups in total. The van der Waals surface area contributed by atoms with Gasteiger partial charge in [-0.25, -0.2) is 0 Å². The first kappa shape index (κ1) is 17.7. The summed E-state index contributed by atoms with van der Waals surface area (Å²) in [6, 6.07) is 4.26. The summed E-state index contributed by atoms with van der Waals surface area (Å²) >= 11 is 0. The average Bonchev–Trinajstić information content (AvgIpc) is 2.53. The normalized spacial score (nSPS) is 17.4. The Morgan fingerprint density at radius 3 is 2.75 bits per heavy atom. The van der Waals surface area contributed by atoms with Crippen molar-refractivity contribution in [1.82, 2.24) is 5.32 Å². The van der Waals surface area contributed by atoms with E-state index < -0.39 is 18.1 Å². The molecule has 1 aromatic carbocycles. The summed E-state index contributed by atoms with van der Waals surface area (Å²) < 4.78 is 5.44. The Labute approximate surface area is 140 Å². The van der Waals surface area contributed by atoms with Crippen molar-refractivity contribution in [3.63, 3.8) is 0 Å². The molecule has 0 saturated heterocycles. The molecule has 2 rings (SSSR count). The van der Waals surface area contributed by atoms with Gasteiger partial charge in [-0.05, 0) is 31.0 Å². The lowest BCUT2D eigenvalue weighted by molar-refractivity contribution is -0.125. The van der Waals surface area contributed by atoms with E-state index in [4.69, 9.17) is 10.5 Å². The van der Waals surface area contributed by atoms with Crippen LogP contribution in [0.1, 0.15) is 20.8 Å². The van der Waals surface area contributed by atoms with Gasteiger partial charge in [-0.1, -0.05) is 13.8 Å². The molecule has 1 aliphatic rings. The summed E-state index contributed by atoms with van der Waals surface area (Å²) in [5.74, 6) is -0.493. The highest BCUT2D eigenvalue weighted by atomic mass is 16.5. The smallest absolute Gasteiger partial charge is 0.265 e. The van der Waals surface area contributed by atoms with Gasteiger partial charge in [0.25, 0.3) is 5.91 Å². The molecule has 0 aromatic heterocycles. The van der Waals surface area contributed by atoms with Gasteiger partial charge in [-0.15, -0.1) is 0 Å². The Hall–Kier alpha value is -2.61. The molecule has 2 atom stereocenters. The predicted octanol–water partition coefficient (Wildman–Crippen LogP) is 0.444. The summed E-state index contributed by atoms with van der Waals surface area (Å²) in [4.78, 5) is 35.2. The molecular weight excluding hydrogens is 312 g/mol. The molecule has 0 fully saturated rings. The van der Waals surface area contributed by atoms with Crippen molar-refractivity contribution >= 4 is 29.1 Å². The number of nitrogens with one attached hydrogen (secondary N) is 3. The van der Waals surface area contributed by atoms with Gasteiger partial charge in [-0.2, -0.15) is 0 Å². The Balaban J connectivity index is 1.92. The largest absolute Gasteiger partial charge is 0.479 e. The van der Waals surface area contributed by atoms with Crippen molar-refractivity contribution in [3.8, 4) is 5.75 Å². The molecule has 24 heavy (non-hydrogen) atoms. The topological polar surface area (TPSA) is 123 Å². The van der Waals surface area contributed by atoms with Crippen molar-refractivity contribution in [2.24, 2.45) is 11.7 Å².